The highest BCUT2D eigenvalue weighted by Gasteiger charge is 2.14. The van der Waals surface area contributed by atoms with Gasteiger partial charge in [0.2, 0.25) is 0 Å². The number of hydrogen-bond acceptors (Lipinski definition) is 7. The van der Waals surface area contributed by atoms with Crippen LogP contribution in [-0.2, 0) is 20.6 Å². The van der Waals surface area contributed by atoms with Crippen LogP contribution >= 0.6 is 0 Å². The molecule has 2 amide bonds. The van der Waals surface area contributed by atoms with Crippen LogP contribution < -0.4 is 5.32 Å². The molecular formula is C26H19N4O4S-. The number of para-hydroxylation sites is 1. The minimum Gasteiger partial charge on any atom is -0.459 e. The number of nitrogens with zero attached hydrogens (tertiary/aromatic N) is 3. The Morgan fingerprint density at radius 1 is 1.09 bits per heavy atom. The predicted octanol–water partition coefficient (Wildman–Crippen LogP) is 4.52. The molecule has 3 aromatic heterocycles. The van der Waals surface area contributed by atoms with Crippen molar-refractivity contribution in [3.63, 3.8) is 0 Å². The number of hydrogen-bond donors (Lipinski definition) is 1. The number of pyridine rings is 2. The van der Waals surface area contributed by atoms with E-state index in [1.165, 1.54) is 24.7 Å². The maximum absolute atomic E-state index is 12.5. The van der Waals surface area contributed by atoms with Crippen LogP contribution in [0.3, 0.4) is 0 Å². The quantitative estimate of drug-likeness (QED) is 0.330. The van der Waals surface area contributed by atoms with Crippen molar-refractivity contribution in [3.8, 4) is 11.8 Å². The zero-order chi connectivity index (χ0) is 24.6. The third-order valence-corrected chi connectivity index (χ3v) is 5.66. The number of carbonyl (C=O) groups excluding carboxylic acids is 2. The molecule has 0 aliphatic heterocycles. The fraction of sp³-hybridized carbons (Fsp3) is 0.0769. The fourth-order valence-electron chi connectivity index (χ4n) is 3.04. The second-order valence-electron chi connectivity index (χ2n) is 7.33. The number of amides is 2. The molecule has 3 heterocycles. The standard InChI is InChI=1S/C26H19N4O4S/c1-18-11-13-34-24(18)26(32)29-23-8-3-2-6-20(23)10-9-19-14-21(16-27-15-19)25(31)30-35(33)17-22-7-4-5-12-28-22/h2-8,11-16H,17H2,1H3,(H,29,32)/q-1. The Hall–Kier alpha value is -4.55. The van der Waals surface area contributed by atoms with Gasteiger partial charge < -0.3 is 18.3 Å². The monoisotopic (exact) mass is 483 g/mol. The van der Waals surface area contributed by atoms with Crippen LogP contribution in [0.2, 0.25) is 0 Å². The van der Waals surface area contributed by atoms with Crippen LogP contribution in [0.25, 0.3) is 0 Å². The van der Waals surface area contributed by atoms with Gasteiger partial charge in [0.1, 0.15) is 0 Å². The number of benzene rings is 1. The van der Waals surface area contributed by atoms with Crippen LogP contribution in [0, 0.1) is 18.8 Å². The molecule has 0 bridgehead atoms. The molecule has 9 heteroatoms. The molecule has 0 aliphatic rings. The van der Waals surface area contributed by atoms with Crippen LogP contribution in [0.5, 0.6) is 0 Å². The molecule has 0 atom stereocenters. The summed E-state index contributed by atoms with van der Waals surface area (Å²) in [6, 6.07) is 15.5. The molecule has 174 valence electrons. The van der Waals surface area contributed by atoms with E-state index in [1.54, 1.807) is 61.7 Å². The lowest BCUT2D eigenvalue weighted by Gasteiger charge is -2.06. The summed E-state index contributed by atoms with van der Waals surface area (Å²) in [5.74, 6) is 5.17. The van der Waals surface area contributed by atoms with Gasteiger partial charge in [-0.3, -0.25) is 19.6 Å². The van der Waals surface area contributed by atoms with Crippen LogP contribution in [0.15, 0.2) is 88.2 Å². The maximum atomic E-state index is 12.5. The smallest absolute Gasteiger partial charge is 0.291 e. The molecule has 0 saturated heterocycles. The van der Waals surface area contributed by atoms with Gasteiger partial charge in [0.05, 0.1) is 17.5 Å². The van der Waals surface area contributed by atoms with E-state index in [-0.39, 0.29) is 23.0 Å². The molecule has 0 fully saturated rings. The Morgan fingerprint density at radius 2 is 1.91 bits per heavy atom. The van der Waals surface area contributed by atoms with Crippen molar-refractivity contribution in [1.82, 2.24) is 9.97 Å². The van der Waals surface area contributed by atoms with Crippen molar-refractivity contribution in [1.29, 1.82) is 0 Å². The normalized spacial score (nSPS) is 11.3. The largest absolute Gasteiger partial charge is 0.459 e. The molecule has 8 nitrogen and oxygen atoms in total. The number of anilines is 1. The van der Waals surface area contributed by atoms with Crippen LogP contribution in [0.1, 0.15) is 43.3 Å². The number of nitrogens with one attached hydrogen (secondary N) is 1. The topological polar surface area (TPSA) is 115 Å². The number of aryl methyl sites for hydroxylation is 1. The number of carbonyl (C=O) groups is 2. The second kappa shape index (κ2) is 11.0. The average Bonchev–Trinajstić information content (AvgIpc) is 3.30. The molecule has 1 aromatic carbocycles. The van der Waals surface area contributed by atoms with Gasteiger partial charge in [0.25, 0.3) is 11.8 Å². The van der Waals surface area contributed by atoms with Crippen molar-refractivity contribution in [2.75, 3.05) is 5.32 Å². The van der Waals surface area contributed by atoms with E-state index in [0.29, 0.717) is 22.5 Å². The number of rotatable bonds is 5. The first-order chi connectivity index (χ1) is 17.0. The van der Waals surface area contributed by atoms with E-state index in [1.807, 2.05) is 0 Å². The molecule has 1 N–H and O–H groups in total. The second-order valence-corrected chi connectivity index (χ2v) is 8.44. The van der Waals surface area contributed by atoms with Crippen LogP contribution in [0.4, 0.5) is 5.69 Å². The SMILES string of the molecule is Cc1ccoc1C(=O)Nc1ccccc1C#Cc1cncc(C(=O)N=[S-](=O)Cc2ccccn2)c1. The lowest BCUT2D eigenvalue weighted by molar-refractivity contribution is 0.0991. The minimum atomic E-state index is -1.76. The van der Waals surface area contributed by atoms with Crippen molar-refractivity contribution >= 4 is 28.1 Å². The van der Waals surface area contributed by atoms with E-state index >= 15 is 0 Å². The molecule has 35 heavy (non-hydrogen) atoms. The molecule has 4 aromatic rings. The molecule has 0 radical (unpaired) electrons. The number of aromatic nitrogens is 2. The first-order valence-electron chi connectivity index (χ1n) is 10.5. The first-order valence-corrected chi connectivity index (χ1v) is 11.7. The third-order valence-electron chi connectivity index (χ3n) is 4.75. The van der Waals surface area contributed by atoms with E-state index in [4.69, 9.17) is 4.42 Å². The van der Waals surface area contributed by atoms with E-state index in [9.17, 15) is 13.8 Å². The van der Waals surface area contributed by atoms with E-state index in [2.05, 4.69) is 31.5 Å². The summed E-state index contributed by atoms with van der Waals surface area (Å²) < 4.78 is 21.2. The summed E-state index contributed by atoms with van der Waals surface area (Å²) in [5.41, 5.74) is 3.02. The summed E-state index contributed by atoms with van der Waals surface area (Å²) >= 11 is 0. The van der Waals surface area contributed by atoms with Crippen molar-refractivity contribution in [3.05, 3.63) is 113 Å². The fourth-order valence-corrected chi connectivity index (χ4v) is 3.82. The van der Waals surface area contributed by atoms with Gasteiger partial charge >= 0.3 is 0 Å². The van der Waals surface area contributed by atoms with Gasteiger partial charge in [-0.1, -0.05) is 30.0 Å². The highest BCUT2D eigenvalue weighted by molar-refractivity contribution is 7.74. The lowest BCUT2D eigenvalue weighted by Crippen LogP contribution is -2.13. The Kier molecular flexibility index (Phi) is 7.45. The van der Waals surface area contributed by atoms with Gasteiger partial charge in [0, 0.05) is 41.0 Å². The summed E-state index contributed by atoms with van der Waals surface area (Å²) in [6.07, 6.45) is 5.89. The van der Waals surface area contributed by atoms with Crippen molar-refractivity contribution in [2.24, 2.45) is 4.36 Å². The van der Waals surface area contributed by atoms with Gasteiger partial charge in [0.15, 0.2) is 5.76 Å². The zero-order valence-electron chi connectivity index (χ0n) is 18.6. The molecule has 0 spiro atoms. The summed E-state index contributed by atoms with van der Waals surface area (Å²) in [4.78, 5) is 33.1. The summed E-state index contributed by atoms with van der Waals surface area (Å²) in [7, 11) is -1.76. The Labute approximate surface area is 203 Å². The Bertz CT molecular complexity index is 1530. The average molecular weight is 484 g/mol. The highest BCUT2D eigenvalue weighted by atomic mass is 32.2. The zero-order valence-corrected chi connectivity index (χ0v) is 19.4. The van der Waals surface area contributed by atoms with Gasteiger partial charge in [-0.2, -0.15) is 10.6 Å². The molecule has 4 rings (SSSR count). The van der Waals surface area contributed by atoms with Crippen molar-refractivity contribution < 1.29 is 18.2 Å². The lowest BCUT2D eigenvalue weighted by atomic mass is 10.1. The summed E-state index contributed by atoms with van der Waals surface area (Å²) in [5, 5.41) is 2.80. The highest BCUT2D eigenvalue weighted by Crippen LogP contribution is 2.17. The maximum Gasteiger partial charge on any atom is 0.291 e. The predicted molar refractivity (Wildman–Crippen MR) is 131 cm³/mol. The minimum absolute atomic E-state index is 0.0412. The number of furan rings is 1. The Morgan fingerprint density at radius 3 is 2.69 bits per heavy atom. The molecular weight excluding hydrogens is 464 g/mol. The van der Waals surface area contributed by atoms with Crippen molar-refractivity contribution in [2.45, 2.75) is 12.7 Å². The van der Waals surface area contributed by atoms with Gasteiger partial charge in [-0.05, 0) is 49.1 Å². The van der Waals surface area contributed by atoms with Gasteiger partial charge in [-0.15, -0.1) is 0 Å². The molecule has 0 aliphatic carbocycles. The molecule has 0 saturated carbocycles. The third kappa shape index (κ3) is 6.28. The molecule has 0 unspecified atom stereocenters. The van der Waals surface area contributed by atoms with Crippen LogP contribution in [-0.4, -0.2) is 21.8 Å². The van der Waals surface area contributed by atoms with Gasteiger partial charge in [-0.25, -0.2) is 0 Å². The Balaban J connectivity index is 1.51. The summed E-state index contributed by atoms with van der Waals surface area (Å²) in [6.45, 7) is 1.78. The van der Waals surface area contributed by atoms with E-state index in [0.717, 1.165) is 5.56 Å². The van der Waals surface area contributed by atoms with E-state index < -0.39 is 16.5 Å². The first kappa shape index (κ1) is 23.6.